The van der Waals surface area contributed by atoms with Crippen LogP contribution in [0, 0.1) is 0 Å². The molecule has 2 aromatic heterocycles. The second-order valence-corrected chi connectivity index (χ2v) is 5.10. The maximum absolute atomic E-state index is 5.76. The Bertz CT molecular complexity index is 762. The summed E-state index contributed by atoms with van der Waals surface area (Å²) >= 11 is 1.60. The van der Waals surface area contributed by atoms with Gasteiger partial charge in [-0.1, -0.05) is 0 Å². The fraction of sp³-hybridized carbons (Fsp3) is 0.154. The molecule has 1 aliphatic heterocycles. The molecule has 2 N–H and O–H groups in total. The van der Waals surface area contributed by atoms with Crippen LogP contribution in [0.3, 0.4) is 0 Å². The zero-order chi connectivity index (χ0) is 12.8. The van der Waals surface area contributed by atoms with Crippen molar-refractivity contribution in [1.29, 1.82) is 0 Å². The Hall–Kier alpha value is -2.05. The monoisotopic (exact) mass is 273 g/mol. The third-order valence-corrected chi connectivity index (χ3v) is 4.04. The van der Waals surface area contributed by atoms with Gasteiger partial charge in [-0.25, -0.2) is 4.98 Å². The lowest BCUT2D eigenvalue weighted by molar-refractivity contribution is 0.174. The molecule has 0 fully saturated rings. The fourth-order valence-electron chi connectivity index (χ4n) is 2.27. The summed E-state index contributed by atoms with van der Waals surface area (Å²) in [4.78, 5) is 5.31. The maximum atomic E-state index is 5.76. The Morgan fingerprint density at radius 2 is 2.21 bits per heavy atom. The molecule has 0 saturated heterocycles. The maximum Gasteiger partial charge on any atom is 0.231 e. The number of imidazole rings is 1. The van der Waals surface area contributed by atoms with E-state index in [0.717, 1.165) is 33.4 Å². The number of fused-ring (bicyclic) bond motifs is 2. The Balaban J connectivity index is 1.92. The van der Waals surface area contributed by atoms with E-state index in [1.807, 2.05) is 24.4 Å². The van der Waals surface area contributed by atoms with Gasteiger partial charge in [0.15, 0.2) is 16.5 Å². The number of nitrogens with zero attached hydrogens (tertiary/aromatic N) is 2. The van der Waals surface area contributed by atoms with Crippen molar-refractivity contribution < 1.29 is 9.47 Å². The number of nitrogens with two attached hydrogens (primary N) is 1. The SMILES string of the molecule is NCc1cnc2scc(-c3ccc4c(c3)OCO4)n12. The summed E-state index contributed by atoms with van der Waals surface area (Å²) in [6, 6.07) is 5.94. The third-order valence-electron chi connectivity index (χ3n) is 3.20. The van der Waals surface area contributed by atoms with Crippen molar-refractivity contribution in [2.24, 2.45) is 5.73 Å². The van der Waals surface area contributed by atoms with Gasteiger partial charge in [0.25, 0.3) is 0 Å². The lowest BCUT2D eigenvalue weighted by atomic mass is 10.1. The van der Waals surface area contributed by atoms with Crippen molar-refractivity contribution in [2.75, 3.05) is 6.79 Å². The molecular formula is C13H11N3O2S. The van der Waals surface area contributed by atoms with Gasteiger partial charge in [-0.05, 0) is 18.2 Å². The number of rotatable bonds is 2. The topological polar surface area (TPSA) is 61.8 Å². The van der Waals surface area contributed by atoms with E-state index in [9.17, 15) is 0 Å². The van der Waals surface area contributed by atoms with Crippen LogP contribution in [0.15, 0.2) is 29.8 Å². The summed E-state index contributed by atoms with van der Waals surface area (Å²) < 4.78 is 12.8. The molecule has 5 nitrogen and oxygen atoms in total. The van der Waals surface area contributed by atoms with E-state index in [4.69, 9.17) is 15.2 Å². The molecule has 0 unspecified atom stereocenters. The van der Waals surface area contributed by atoms with Gasteiger partial charge in [0.2, 0.25) is 6.79 Å². The van der Waals surface area contributed by atoms with Gasteiger partial charge in [-0.3, -0.25) is 4.40 Å². The van der Waals surface area contributed by atoms with Crippen molar-refractivity contribution >= 4 is 16.3 Å². The summed E-state index contributed by atoms with van der Waals surface area (Å²) in [5, 5.41) is 2.08. The highest BCUT2D eigenvalue weighted by Crippen LogP contribution is 2.37. The van der Waals surface area contributed by atoms with Gasteiger partial charge in [0, 0.05) is 17.5 Å². The van der Waals surface area contributed by atoms with Gasteiger partial charge in [-0.2, -0.15) is 0 Å². The molecule has 0 saturated carbocycles. The minimum Gasteiger partial charge on any atom is -0.454 e. The van der Waals surface area contributed by atoms with Crippen molar-refractivity contribution in [2.45, 2.75) is 6.54 Å². The summed E-state index contributed by atoms with van der Waals surface area (Å²) in [6.45, 7) is 0.756. The molecule has 0 amide bonds. The lowest BCUT2D eigenvalue weighted by Gasteiger charge is -2.04. The van der Waals surface area contributed by atoms with Crippen molar-refractivity contribution in [1.82, 2.24) is 9.38 Å². The summed E-state index contributed by atoms with van der Waals surface area (Å²) in [5.74, 6) is 1.58. The first kappa shape index (κ1) is 10.8. The third kappa shape index (κ3) is 1.54. The van der Waals surface area contributed by atoms with Gasteiger partial charge in [0.05, 0.1) is 17.6 Å². The first-order valence-corrected chi connectivity index (χ1v) is 6.78. The molecular weight excluding hydrogens is 262 g/mol. The van der Waals surface area contributed by atoms with E-state index in [1.165, 1.54) is 0 Å². The molecule has 4 rings (SSSR count). The average molecular weight is 273 g/mol. The number of ether oxygens (including phenoxy) is 2. The molecule has 0 atom stereocenters. The van der Waals surface area contributed by atoms with E-state index >= 15 is 0 Å². The van der Waals surface area contributed by atoms with Gasteiger partial charge >= 0.3 is 0 Å². The van der Waals surface area contributed by atoms with E-state index in [-0.39, 0.29) is 6.79 Å². The Labute approximate surface area is 113 Å². The zero-order valence-corrected chi connectivity index (χ0v) is 10.8. The van der Waals surface area contributed by atoms with Crippen LogP contribution in [0.1, 0.15) is 5.69 Å². The van der Waals surface area contributed by atoms with Gasteiger partial charge in [-0.15, -0.1) is 11.3 Å². The normalized spacial score (nSPS) is 13.3. The van der Waals surface area contributed by atoms with Crippen molar-refractivity contribution in [3.63, 3.8) is 0 Å². The molecule has 0 spiro atoms. The minimum atomic E-state index is 0.289. The second kappa shape index (κ2) is 3.97. The molecule has 1 aliphatic rings. The highest BCUT2D eigenvalue weighted by atomic mass is 32.1. The molecule has 0 radical (unpaired) electrons. The van der Waals surface area contributed by atoms with Crippen LogP contribution in [0.4, 0.5) is 0 Å². The van der Waals surface area contributed by atoms with Crippen molar-refractivity contribution in [3.05, 3.63) is 35.5 Å². The second-order valence-electron chi connectivity index (χ2n) is 4.26. The Morgan fingerprint density at radius 3 is 3.11 bits per heavy atom. The highest BCUT2D eigenvalue weighted by molar-refractivity contribution is 7.15. The highest BCUT2D eigenvalue weighted by Gasteiger charge is 2.16. The van der Waals surface area contributed by atoms with Crippen LogP contribution in [0.2, 0.25) is 0 Å². The van der Waals surface area contributed by atoms with Crippen LogP contribution >= 0.6 is 11.3 Å². The predicted octanol–water partition coefficient (Wildman–Crippen LogP) is 2.25. The van der Waals surface area contributed by atoms with Crippen LogP contribution in [0.5, 0.6) is 11.5 Å². The molecule has 3 heterocycles. The largest absolute Gasteiger partial charge is 0.454 e. The predicted molar refractivity (Wildman–Crippen MR) is 72.5 cm³/mol. The summed E-state index contributed by atoms with van der Waals surface area (Å²) in [5.41, 5.74) is 8.91. The van der Waals surface area contributed by atoms with E-state index in [0.29, 0.717) is 6.54 Å². The summed E-state index contributed by atoms with van der Waals surface area (Å²) in [7, 11) is 0. The Morgan fingerprint density at radius 1 is 1.32 bits per heavy atom. The molecule has 0 aliphatic carbocycles. The standard InChI is InChI=1S/C13H11N3O2S/c14-4-9-5-15-13-16(9)10(6-19-13)8-1-2-11-12(3-8)18-7-17-11/h1-3,5-6H,4,7,14H2. The number of thiazole rings is 1. The number of aromatic nitrogens is 2. The lowest BCUT2D eigenvalue weighted by Crippen LogP contribution is -2.00. The molecule has 0 bridgehead atoms. The number of hydrogen-bond donors (Lipinski definition) is 1. The molecule has 3 aromatic rings. The summed E-state index contributed by atoms with van der Waals surface area (Å²) in [6.07, 6.45) is 1.82. The van der Waals surface area contributed by atoms with Gasteiger partial charge in [0.1, 0.15) is 0 Å². The quantitative estimate of drug-likeness (QED) is 0.778. The molecule has 1 aromatic carbocycles. The van der Waals surface area contributed by atoms with E-state index in [1.54, 1.807) is 11.3 Å². The molecule has 96 valence electrons. The van der Waals surface area contributed by atoms with Crippen LogP contribution in [-0.4, -0.2) is 16.2 Å². The zero-order valence-electron chi connectivity index (χ0n) is 10.00. The average Bonchev–Trinajstić information content (AvgIpc) is 3.13. The van der Waals surface area contributed by atoms with Crippen LogP contribution in [-0.2, 0) is 6.54 Å². The number of benzene rings is 1. The van der Waals surface area contributed by atoms with Crippen LogP contribution in [0.25, 0.3) is 16.2 Å². The van der Waals surface area contributed by atoms with Crippen molar-refractivity contribution in [3.8, 4) is 22.8 Å². The number of hydrogen-bond acceptors (Lipinski definition) is 5. The van der Waals surface area contributed by atoms with E-state index < -0.39 is 0 Å². The molecule has 19 heavy (non-hydrogen) atoms. The van der Waals surface area contributed by atoms with Crippen LogP contribution < -0.4 is 15.2 Å². The Kier molecular flexibility index (Phi) is 2.27. The smallest absolute Gasteiger partial charge is 0.231 e. The van der Waals surface area contributed by atoms with Gasteiger partial charge < -0.3 is 15.2 Å². The molecule has 6 heteroatoms. The minimum absolute atomic E-state index is 0.289. The van der Waals surface area contributed by atoms with E-state index in [2.05, 4.69) is 14.8 Å². The first-order valence-electron chi connectivity index (χ1n) is 5.91. The first-order chi connectivity index (χ1) is 9.36. The fourth-order valence-corrected chi connectivity index (χ4v) is 3.16.